The molecule has 31 heavy (non-hydrogen) atoms. The van der Waals surface area contributed by atoms with Gasteiger partial charge in [-0.3, -0.25) is 9.52 Å². The minimum absolute atomic E-state index is 0.00622. The van der Waals surface area contributed by atoms with Gasteiger partial charge in [-0.15, -0.1) is 0 Å². The third-order valence-corrected chi connectivity index (χ3v) is 7.71. The molecule has 3 N–H and O–H groups in total. The van der Waals surface area contributed by atoms with Gasteiger partial charge in [0.05, 0.1) is 17.1 Å². The molecule has 2 aromatic carbocycles. The number of carbonyl (C=O) groups is 1. The first kappa shape index (κ1) is 22.9. The van der Waals surface area contributed by atoms with Crippen LogP contribution in [0.25, 0.3) is 0 Å². The van der Waals surface area contributed by atoms with E-state index in [0.717, 1.165) is 21.9 Å². The first-order valence-electron chi connectivity index (χ1n) is 9.82. The summed E-state index contributed by atoms with van der Waals surface area (Å²) >= 11 is 0. The van der Waals surface area contributed by atoms with Gasteiger partial charge in [0.25, 0.3) is 5.91 Å². The molecule has 9 nitrogen and oxygen atoms in total. The Hall–Kier alpha value is -2.79. The van der Waals surface area contributed by atoms with E-state index in [2.05, 4.69) is 4.72 Å². The molecule has 0 unspecified atom stereocenters. The van der Waals surface area contributed by atoms with Crippen LogP contribution in [0.1, 0.15) is 37.0 Å². The first-order chi connectivity index (χ1) is 14.5. The Bertz CT molecular complexity index is 1210. The summed E-state index contributed by atoms with van der Waals surface area (Å²) < 4.78 is 53.8. The summed E-state index contributed by atoms with van der Waals surface area (Å²) in [5, 5.41) is 10.4. The number of aromatic hydroxyl groups is 1. The average Bonchev–Trinajstić information content (AvgIpc) is 2.95. The van der Waals surface area contributed by atoms with Gasteiger partial charge in [0.1, 0.15) is 12.3 Å². The molecular weight excluding hydrogens is 442 g/mol. The molecule has 1 saturated heterocycles. The van der Waals surface area contributed by atoms with Gasteiger partial charge in [-0.1, -0.05) is 32.0 Å². The molecule has 0 atom stereocenters. The highest BCUT2D eigenvalue weighted by Gasteiger charge is 2.35. The summed E-state index contributed by atoms with van der Waals surface area (Å²) in [6.45, 7) is 3.37. The highest BCUT2D eigenvalue weighted by atomic mass is 32.2. The number of carbonyl (C=O) groups excluding carboxylic acids is 1. The molecule has 0 radical (unpaired) electrons. The van der Waals surface area contributed by atoms with Gasteiger partial charge in [-0.05, 0) is 54.2 Å². The summed E-state index contributed by atoms with van der Waals surface area (Å²) in [5.74, 6) is -0.963. The van der Waals surface area contributed by atoms with Crippen LogP contribution in [0.5, 0.6) is 5.75 Å². The lowest BCUT2D eigenvalue weighted by molar-refractivity contribution is -0.117. The Morgan fingerprint density at radius 1 is 1.13 bits per heavy atom. The van der Waals surface area contributed by atoms with Gasteiger partial charge >= 0.3 is 10.2 Å². The normalized spacial score (nSPS) is 15.7. The van der Waals surface area contributed by atoms with E-state index in [4.69, 9.17) is 0 Å². The van der Waals surface area contributed by atoms with Gasteiger partial charge in [0.2, 0.25) is 10.0 Å². The fourth-order valence-electron chi connectivity index (χ4n) is 3.37. The number of phenolic OH excluding ortho intramolecular Hbond substituents is 1. The molecule has 11 heteroatoms. The molecule has 1 amide bonds. The monoisotopic (exact) mass is 467 g/mol. The third kappa shape index (κ3) is 5.28. The summed E-state index contributed by atoms with van der Waals surface area (Å²) in [4.78, 5) is 11.5. The third-order valence-electron chi connectivity index (χ3n) is 4.84. The van der Waals surface area contributed by atoms with E-state index < -0.39 is 32.7 Å². The molecule has 2 aromatic rings. The molecule has 0 saturated carbocycles. The fraction of sp³-hybridized carbons (Fsp3) is 0.350. The minimum Gasteiger partial charge on any atom is -0.506 e. The minimum atomic E-state index is -4.03. The lowest BCUT2D eigenvalue weighted by atomic mass is 9.99. The molecule has 1 fully saturated rings. The van der Waals surface area contributed by atoms with Crippen LogP contribution in [0.15, 0.2) is 36.4 Å². The smallest absolute Gasteiger partial charge is 0.326 e. The van der Waals surface area contributed by atoms with Crippen molar-refractivity contribution in [2.24, 2.45) is 0 Å². The SMILES string of the molecule is CCCS(=O)(=O)Nc1ccc(CC)cc1Cc1ccc(N2CC(=O)NS2(=O)=O)c(O)c1. The van der Waals surface area contributed by atoms with Crippen molar-refractivity contribution in [3.05, 3.63) is 53.1 Å². The van der Waals surface area contributed by atoms with Crippen molar-refractivity contribution in [2.45, 2.75) is 33.1 Å². The van der Waals surface area contributed by atoms with E-state index >= 15 is 0 Å². The quantitative estimate of drug-likeness (QED) is 0.543. The molecule has 168 valence electrons. The maximum atomic E-state index is 12.2. The molecule has 0 aliphatic carbocycles. The van der Waals surface area contributed by atoms with Crippen LogP contribution in [-0.2, 0) is 37.9 Å². The topological polar surface area (TPSA) is 133 Å². The van der Waals surface area contributed by atoms with Crippen LogP contribution in [0.4, 0.5) is 11.4 Å². The zero-order valence-electron chi connectivity index (χ0n) is 17.3. The van der Waals surface area contributed by atoms with Crippen LogP contribution in [0.3, 0.4) is 0 Å². The molecule has 1 heterocycles. The molecule has 3 rings (SSSR count). The van der Waals surface area contributed by atoms with Gasteiger partial charge < -0.3 is 5.11 Å². The molecular formula is C20H25N3O6S2. The molecule has 1 aliphatic heterocycles. The summed E-state index contributed by atoms with van der Waals surface area (Å²) in [7, 11) is -7.50. The van der Waals surface area contributed by atoms with E-state index in [1.807, 2.05) is 23.8 Å². The van der Waals surface area contributed by atoms with Gasteiger partial charge in [0, 0.05) is 0 Å². The maximum Gasteiger partial charge on any atom is 0.326 e. The second kappa shape index (κ2) is 8.75. The van der Waals surface area contributed by atoms with E-state index in [1.54, 1.807) is 19.1 Å². The van der Waals surface area contributed by atoms with Crippen LogP contribution in [0.2, 0.25) is 0 Å². The van der Waals surface area contributed by atoms with E-state index in [0.29, 0.717) is 24.1 Å². The van der Waals surface area contributed by atoms with Crippen molar-refractivity contribution in [2.75, 3.05) is 21.3 Å². The van der Waals surface area contributed by atoms with Crippen LogP contribution >= 0.6 is 0 Å². The van der Waals surface area contributed by atoms with E-state index in [-0.39, 0.29) is 17.2 Å². The van der Waals surface area contributed by atoms with Crippen molar-refractivity contribution >= 4 is 37.5 Å². The highest BCUT2D eigenvalue weighted by molar-refractivity contribution is 7.92. The number of sulfonamides is 1. The summed E-state index contributed by atoms with van der Waals surface area (Å²) in [6.07, 6.45) is 1.58. The van der Waals surface area contributed by atoms with Crippen molar-refractivity contribution < 1.29 is 26.7 Å². The number of amides is 1. The number of anilines is 2. The molecule has 0 bridgehead atoms. The lowest BCUT2D eigenvalue weighted by Crippen LogP contribution is -2.29. The number of hydrogen-bond acceptors (Lipinski definition) is 6. The van der Waals surface area contributed by atoms with Crippen molar-refractivity contribution in [1.29, 1.82) is 0 Å². The number of benzene rings is 2. The van der Waals surface area contributed by atoms with E-state index in [9.17, 15) is 26.7 Å². The van der Waals surface area contributed by atoms with Crippen LogP contribution in [-0.4, -0.2) is 40.1 Å². The second-order valence-corrected chi connectivity index (χ2v) is 10.7. The van der Waals surface area contributed by atoms with E-state index in [1.165, 1.54) is 12.1 Å². The average molecular weight is 468 g/mol. The molecule has 1 aliphatic rings. The van der Waals surface area contributed by atoms with Gasteiger partial charge in [0.15, 0.2) is 0 Å². The summed E-state index contributed by atoms with van der Waals surface area (Å²) in [6, 6.07) is 9.96. The number of rotatable bonds is 8. The fourth-order valence-corrected chi connectivity index (χ4v) is 5.71. The predicted molar refractivity (Wildman–Crippen MR) is 119 cm³/mol. The van der Waals surface area contributed by atoms with Gasteiger partial charge in [-0.25, -0.2) is 17.4 Å². The predicted octanol–water partition coefficient (Wildman–Crippen LogP) is 1.88. The van der Waals surface area contributed by atoms with Crippen molar-refractivity contribution in [3.8, 4) is 5.75 Å². The Morgan fingerprint density at radius 3 is 2.42 bits per heavy atom. The van der Waals surface area contributed by atoms with Gasteiger partial charge in [-0.2, -0.15) is 8.42 Å². The highest BCUT2D eigenvalue weighted by Crippen LogP contribution is 2.33. The van der Waals surface area contributed by atoms with Crippen molar-refractivity contribution in [3.63, 3.8) is 0 Å². The number of nitrogens with zero attached hydrogens (tertiary/aromatic N) is 1. The van der Waals surface area contributed by atoms with Crippen LogP contribution < -0.4 is 13.7 Å². The molecule has 0 spiro atoms. The standard InChI is InChI=1S/C20H25N3O6S2/c1-3-9-30(26,27)21-17-7-5-14(4-2)10-16(17)11-15-6-8-18(19(24)12-15)23-13-20(25)22-31(23,28)29/h5-8,10,12,21,24H,3-4,9,11,13H2,1-2H3,(H,22,25). The second-order valence-electron chi connectivity index (χ2n) is 7.30. The Balaban J connectivity index is 1.92. The Labute approximate surface area is 182 Å². The van der Waals surface area contributed by atoms with Crippen molar-refractivity contribution in [1.82, 2.24) is 4.72 Å². The molecule has 0 aromatic heterocycles. The zero-order chi connectivity index (χ0) is 22.8. The number of nitrogens with one attached hydrogen (secondary N) is 2. The Kier molecular flexibility index (Phi) is 6.46. The largest absolute Gasteiger partial charge is 0.506 e. The number of phenols is 1. The number of hydrogen-bond donors (Lipinski definition) is 3. The first-order valence-corrected chi connectivity index (χ1v) is 12.9. The lowest BCUT2D eigenvalue weighted by Gasteiger charge is -2.17. The number of aryl methyl sites for hydroxylation is 1. The zero-order valence-corrected chi connectivity index (χ0v) is 18.9. The van der Waals surface area contributed by atoms with Crippen LogP contribution in [0, 0.1) is 0 Å². The maximum absolute atomic E-state index is 12.2. The summed E-state index contributed by atoms with van der Waals surface area (Å²) in [5.41, 5.74) is 2.87. The Morgan fingerprint density at radius 2 is 1.84 bits per heavy atom.